The molecular weight excluding hydrogens is 540 g/mol. The zero-order chi connectivity index (χ0) is 28.4. The number of thiocarbonyl (C=S) groups is 1. The number of phenols is 1. The Morgan fingerprint density at radius 2 is 1.75 bits per heavy atom. The lowest BCUT2D eigenvalue weighted by Crippen LogP contribution is -2.59. The number of ether oxygens (including phenoxy) is 2. The molecule has 12 heteroatoms. The van der Waals surface area contributed by atoms with Crippen LogP contribution in [0.1, 0.15) is 0 Å². The second-order valence-electron chi connectivity index (χ2n) is 9.34. The number of phenolic OH excluding ortho intramolecular Hbond substituents is 1. The topological polar surface area (TPSA) is 174 Å². The number of aliphatic hydroxyl groups excluding tert-OH is 4. The molecule has 1 saturated heterocycles. The Balaban J connectivity index is 1.22. The van der Waals surface area contributed by atoms with Gasteiger partial charge in [0.2, 0.25) is 0 Å². The second-order valence-corrected chi connectivity index (χ2v) is 9.75. The van der Waals surface area contributed by atoms with Crippen molar-refractivity contribution in [2.24, 2.45) is 0 Å². The highest BCUT2D eigenvalue weighted by atomic mass is 32.1. The van der Waals surface area contributed by atoms with Crippen LogP contribution in [0.15, 0.2) is 69.9 Å². The van der Waals surface area contributed by atoms with Crippen molar-refractivity contribution in [3.63, 3.8) is 0 Å². The van der Waals surface area contributed by atoms with Gasteiger partial charge in [0.15, 0.2) is 16.8 Å². The van der Waals surface area contributed by atoms with E-state index in [4.69, 9.17) is 26.1 Å². The SMILES string of the molecule is O=c1ccc2c(-c3ccc(NC(=S)NCCO[C@H]4OC(CO)[C@@H](O)[C@H](O)C4O)cc3)c3ccc(O)cc3oc-2c1. The number of nitrogens with one attached hydrogen (secondary N) is 2. The third-order valence-electron chi connectivity index (χ3n) is 6.63. The maximum absolute atomic E-state index is 11.9. The fourth-order valence-corrected chi connectivity index (χ4v) is 4.83. The van der Waals surface area contributed by atoms with E-state index in [1.165, 1.54) is 18.2 Å². The van der Waals surface area contributed by atoms with Gasteiger partial charge in [-0.2, -0.15) is 0 Å². The van der Waals surface area contributed by atoms with Gasteiger partial charge in [-0.3, -0.25) is 4.79 Å². The molecule has 7 N–H and O–H groups in total. The first-order valence-corrected chi connectivity index (χ1v) is 12.9. The lowest BCUT2D eigenvalue weighted by Gasteiger charge is -2.39. The summed E-state index contributed by atoms with van der Waals surface area (Å²) in [5, 5.41) is 56.1. The molecule has 2 heterocycles. The van der Waals surface area contributed by atoms with Gasteiger partial charge in [0.1, 0.15) is 41.5 Å². The Kier molecular flexibility index (Phi) is 8.28. The molecule has 0 saturated carbocycles. The molecule has 5 rings (SSSR count). The van der Waals surface area contributed by atoms with Gasteiger partial charge in [0.05, 0.1) is 13.2 Å². The quantitative estimate of drug-likeness (QED) is 0.0971. The first-order valence-electron chi connectivity index (χ1n) is 12.5. The lowest BCUT2D eigenvalue weighted by atomic mass is 9.93. The van der Waals surface area contributed by atoms with Crippen molar-refractivity contribution in [2.45, 2.75) is 30.7 Å². The summed E-state index contributed by atoms with van der Waals surface area (Å²) in [7, 11) is 0. The molecule has 0 bridgehead atoms. The van der Waals surface area contributed by atoms with Gasteiger partial charge in [-0.1, -0.05) is 12.1 Å². The van der Waals surface area contributed by atoms with Crippen molar-refractivity contribution >= 4 is 34.0 Å². The fraction of sp³-hybridized carbons (Fsp3) is 0.286. The van der Waals surface area contributed by atoms with Gasteiger partial charge in [-0.05, 0) is 54.2 Å². The molecule has 2 aromatic carbocycles. The molecule has 0 aromatic heterocycles. The summed E-state index contributed by atoms with van der Waals surface area (Å²) < 4.78 is 16.6. The number of aromatic hydroxyl groups is 1. The number of fused-ring (bicyclic) bond motifs is 2. The molecule has 11 nitrogen and oxygen atoms in total. The molecule has 3 aliphatic rings. The predicted octanol–water partition coefficient (Wildman–Crippen LogP) is 1.37. The van der Waals surface area contributed by atoms with Crippen LogP contribution in [0.2, 0.25) is 0 Å². The minimum atomic E-state index is -1.51. The Bertz CT molecular complexity index is 1520. The van der Waals surface area contributed by atoms with E-state index in [-0.39, 0.29) is 24.3 Å². The summed E-state index contributed by atoms with van der Waals surface area (Å²) in [6, 6.07) is 17.0. The average molecular weight is 569 g/mol. The normalized spacial score (nSPS) is 22.9. The minimum absolute atomic E-state index is 0.0546. The highest BCUT2D eigenvalue weighted by Crippen LogP contribution is 2.40. The van der Waals surface area contributed by atoms with Crippen LogP contribution in [0.4, 0.5) is 5.69 Å². The number of anilines is 1. The molecular formula is C28H28N2O9S. The van der Waals surface area contributed by atoms with Crippen LogP contribution in [-0.4, -0.2) is 81.1 Å². The van der Waals surface area contributed by atoms with Crippen LogP contribution in [0.5, 0.6) is 5.75 Å². The van der Waals surface area contributed by atoms with Gasteiger partial charge >= 0.3 is 0 Å². The maximum atomic E-state index is 11.9. The molecule has 1 aliphatic carbocycles. The highest BCUT2D eigenvalue weighted by Gasteiger charge is 2.43. The van der Waals surface area contributed by atoms with Gasteiger partial charge in [-0.15, -0.1) is 0 Å². The second kappa shape index (κ2) is 11.9. The monoisotopic (exact) mass is 568 g/mol. The smallest absolute Gasteiger partial charge is 0.186 e. The molecule has 2 aliphatic heterocycles. The van der Waals surface area contributed by atoms with Crippen molar-refractivity contribution in [3.05, 3.63) is 70.9 Å². The first-order chi connectivity index (χ1) is 19.2. The Hall–Kier alpha value is -3.62. The highest BCUT2D eigenvalue weighted by molar-refractivity contribution is 7.80. The molecule has 2 aromatic rings. The summed E-state index contributed by atoms with van der Waals surface area (Å²) in [5.41, 5.74) is 3.47. The number of hydrogen-bond acceptors (Lipinski definition) is 10. The number of benzene rings is 3. The van der Waals surface area contributed by atoms with Gasteiger partial charge in [0, 0.05) is 40.9 Å². The molecule has 2 unspecified atom stereocenters. The number of rotatable bonds is 7. The van der Waals surface area contributed by atoms with Gasteiger partial charge in [-0.25, -0.2) is 0 Å². The van der Waals surface area contributed by atoms with Crippen LogP contribution in [0.25, 0.3) is 33.4 Å². The van der Waals surface area contributed by atoms with Crippen LogP contribution in [0.3, 0.4) is 0 Å². The van der Waals surface area contributed by atoms with Gasteiger partial charge < -0.3 is 50.1 Å². The largest absolute Gasteiger partial charge is 0.508 e. The van der Waals surface area contributed by atoms with E-state index in [0.717, 1.165) is 22.1 Å². The van der Waals surface area contributed by atoms with E-state index >= 15 is 0 Å². The van der Waals surface area contributed by atoms with E-state index < -0.39 is 37.3 Å². The number of hydrogen-bond donors (Lipinski definition) is 7. The third kappa shape index (κ3) is 5.78. The van der Waals surface area contributed by atoms with E-state index in [1.807, 2.05) is 24.3 Å². The minimum Gasteiger partial charge on any atom is -0.508 e. The average Bonchev–Trinajstić information content (AvgIpc) is 2.94. The summed E-state index contributed by atoms with van der Waals surface area (Å²) >= 11 is 5.35. The summed E-state index contributed by atoms with van der Waals surface area (Å²) in [4.78, 5) is 11.9. The first kappa shape index (κ1) is 27.9. The van der Waals surface area contributed by atoms with Crippen molar-refractivity contribution in [1.82, 2.24) is 5.32 Å². The van der Waals surface area contributed by atoms with Gasteiger partial charge in [0.25, 0.3) is 0 Å². The number of aliphatic hydroxyl groups is 4. The van der Waals surface area contributed by atoms with Crippen molar-refractivity contribution in [1.29, 1.82) is 0 Å². The van der Waals surface area contributed by atoms with Crippen LogP contribution >= 0.6 is 12.2 Å². The summed E-state index contributed by atoms with van der Waals surface area (Å²) in [5.74, 6) is 0.470. The zero-order valence-electron chi connectivity index (χ0n) is 21.1. The van der Waals surface area contributed by atoms with E-state index in [9.17, 15) is 30.3 Å². The Morgan fingerprint density at radius 3 is 2.50 bits per heavy atom. The van der Waals surface area contributed by atoms with E-state index in [2.05, 4.69) is 10.6 Å². The van der Waals surface area contributed by atoms with Crippen LogP contribution < -0.4 is 16.1 Å². The van der Waals surface area contributed by atoms with E-state index in [1.54, 1.807) is 18.2 Å². The van der Waals surface area contributed by atoms with Crippen LogP contribution in [0, 0.1) is 0 Å². The zero-order valence-corrected chi connectivity index (χ0v) is 21.9. The van der Waals surface area contributed by atoms with Crippen molar-refractivity contribution in [2.75, 3.05) is 25.1 Å². The maximum Gasteiger partial charge on any atom is 0.186 e. The standard InChI is InChI=1S/C28H28N2O9S/c31-13-22-24(34)25(35)26(36)27(39-22)37-10-9-29-28(40)30-15-3-1-14(2-4-15)23-18-7-5-16(32)11-20(18)38-21-12-17(33)6-8-19(21)23/h1-8,11-12,22,24-27,31-32,34-36H,9-10,13H2,(H2,29,30,40)/t22?,24-,25+,26?,27+/m1/s1. The third-order valence-corrected chi connectivity index (χ3v) is 6.87. The molecule has 210 valence electrons. The molecule has 0 spiro atoms. The molecule has 0 amide bonds. The molecule has 5 atom stereocenters. The Morgan fingerprint density at radius 1 is 0.975 bits per heavy atom. The Labute approximate surface area is 233 Å². The predicted molar refractivity (Wildman–Crippen MR) is 150 cm³/mol. The van der Waals surface area contributed by atoms with Crippen molar-refractivity contribution < 1.29 is 39.4 Å². The van der Waals surface area contributed by atoms with E-state index in [0.29, 0.717) is 22.1 Å². The molecule has 40 heavy (non-hydrogen) atoms. The molecule has 0 radical (unpaired) electrons. The van der Waals surface area contributed by atoms with Crippen molar-refractivity contribution in [3.8, 4) is 28.2 Å². The van der Waals surface area contributed by atoms with Crippen LogP contribution in [-0.2, 0) is 9.47 Å². The summed E-state index contributed by atoms with van der Waals surface area (Å²) in [6.45, 7) is -0.227. The lowest BCUT2D eigenvalue weighted by molar-refractivity contribution is -0.300. The summed E-state index contributed by atoms with van der Waals surface area (Å²) in [6.07, 6.45) is -6.68. The fourth-order valence-electron chi connectivity index (χ4n) is 4.61. The molecule has 1 fully saturated rings.